The third kappa shape index (κ3) is 2.17. The van der Waals surface area contributed by atoms with Crippen LogP contribution in [-0.2, 0) is 6.54 Å². The Morgan fingerprint density at radius 2 is 2.17 bits per heavy atom. The summed E-state index contributed by atoms with van der Waals surface area (Å²) in [5.74, 6) is -0.223. The van der Waals surface area contributed by atoms with Gasteiger partial charge in [0.15, 0.2) is 5.13 Å². The van der Waals surface area contributed by atoms with Gasteiger partial charge < -0.3 is 5.32 Å². The van der Waals surface area contributed by atoms with Gasteiger partial charge in [-0.25, -0.2) is 9.37 Å². The maximum Gasteiger partial charge on any atom is 0.184 e. The third-order valence-electron chi connectivity index (χ3n) is 2.53. The molecule has 18 heavy (non-hydrogen) atoms. The average molecular weight is 259 g/mol. The minimum Gasteiger partial charge on any atom is -0.357 e. The van der Waals surface area contributed by atoms with Crippen LogP contribution in [-0.4, -0.2) is 9.97 Å². The van der Waals surface area contributed by atoms with Gasteiger partial charge in [-0.3, -0.25) is 4.98 Å². The number of benzene rings is 1. The van der Waals surface area contributed by atoms with Gasteiger partial charge in [0.05, 0.1) is 10.2 Å². The molecule has 2 heterocycles. The van der Waals surface area contributed by atoms with E-state index in [2.05, 4.69) is 15.3 Å². The standard InChI is InChI=1S/C13H10FN3S/c14-10-4-1-5-11-12(10)18-13(17-11)16-8-9-3-2-6-15-7-9/h1-7H,8H2,(H,16,17). The Hall–Kier alpha value is -2.01. The number of thiazole rings is 1. The molecule has 3 aromatic rings. The lowest BCUT2D eigenvalue weighted by Gasteiger charge is -2.00. The van der Waals surface area contributed by atoms with Gasteiger partial charge in [0.2, 0.25) is 0 Å². The van der Waals surface area contributed by atoms with Crippen molar-refractivity contribution < 1.29 is 4.39 Å². The molecular weight excluding hydrogens is 249 g/mol. The summed E-state index contributed by atoms with van der Waals surface area (Å²) in [5.41, 5.74) is 1.76. The van der Waals surface area contributed by atoms with E-state index < -0.39 is 0 Å². The molecule has 3 nitrogen and oxygen atoms in total. The van der Waals surface area contributed by atoms with Crippen LogP contribution in [0.25, 0.3) is 10.2 Å². The Bertz CT molecular complexity index is 666. The first-order valence-electron chi connectivity index (χ1n) is 5.51. The molecule has 0 bridgehead atoms. The average Bonchev–Trinajstić information content (AvgIpc) is 2.82. The first-order valence-corrected chi connectivity index (χ1v) is 6.32. The largest absolute Gasteiger partial charge is 0.357 e. The van der Waals surface area contributed by atoms with E-state index in [1.165, 1.54) is 17.4 Å². The van der Waals surface area contributed by atoms with Crippen molar-refractivity contribution in [3.8, 4) is 0 Å². The Labute approximate surface area is 107 Å². The van der Waals surface area contributed by atoms with Crippen LogP contribution >= 0.6 is 11.3 Å². The SMILES string of the molecule is Fc1cccc2nc(NCc3cccnc3)sc12. The molecule has 1 N–H and O–H groups in total. The lowest BCUT2D eigenvalue weighted by molar-refractivity contribution is 0.641. The van der Waals surface area contributed by atoms with Gasteiger partial charge in [0.25, 0.3) is 0 Å². The molecule has 0 atom stereocenters. The second kappa shape index (κ2) is 4.70. The fourth-order valence-electron chi connectivity index (χ4n) is 1.67. The first-order chi connectivity index (χ1) is 8.83. The summed E-state index contributed by atoms with van der Waals surface area (Å²) in [5, 5.41) is 3.90. The molecule has 0 amide bonds. The molecule has 3 rings (SSSR count). The lowest BCUT2D eigenvalue weighted by atomic mass is 10.3. The molecule has 1 aromatic carbocycles. The van der Waals surface area contributed by atoms with Crippen molar-refractivity contribution >= 4 is 26.7 Å². The molecule has 0 radical (unpaired) electrons. The number of nitrogens with one attached hydrogen (secondary N) is 1. The van der Waals surface area contributed by atoms with Gasteiger partial charge in [0, 0.05) is 18.9 Å². The van der Waals surface area contributed by atoms with E-state index in [9.17, 15) is 4.39 Å². The topological polar surface area (TPSA) is 37.8 Å². The molecule has 0 aliphatic rings. The van der Waals surface area contributed by atoms with Crippen molar-refractivity contribution in [1.29, 1.82) is 0 Å². The molecule has 0 saturated heterocycles. The fourth-order valence-corrected chi connectivity index (χ4v) is 2.54. The summed E-state index contributed by atoms with van der Waals surface area (Å²) in [4.78, 5) is 8.37. The van der Waals surface area contributed by atoms with E-state index >= 15 is 0 Å². The van der Waals surface area contributed by atoms with Gasteiger partial charge in [-0.2, -0.15) is 0 Å². The molecule has 0 aliphatic heterocycles. The van der Waals surface area contributed by atoms with E-state index in [1.54, 1.807) is 18.5 Å². The van der Waals surface area contributed by atoms with Gasteiger partial charge in [-0.05, 0) is 23.8 Å². The Morgan fingerprint density at radius 1 is 1.22 bits per heavy atom. The predicted octanol–water partition coefficient (Wildman–Crippen LogP) is 3.44. The molecule has 0 fully saturated rings. The van der Waals surface area contributed by atoms with Crippen molar-refractivity contribution in [2.75, 3.05) is 5.32 Å². The molecule has 2 aromatic heterocycles. The number of pyridine rings is 1. The summed E-state index contributed by atoms with van der Waals surface area (Å²) in [6.45, 7) is 0.634. The molecule has 0 saturated carbocycles. The van der Waals surface area contributed by atoms with E-state index in [-0.39, 0.29) is 5.82 Å². The summed E-state index contributed by atoms with van der Waals surface area (Å²) in [7, 11) is 0. The number of rotatable bonds is 3. The van der Waals surface area contributed by atoms with E-state index in [1.807, 2.05) is 18.2 Å². The molecule has 0 unspecified atom stereocenters. The zero-order chi connectivity index (χ0) is 12.4. The van der Waals surface area contributed by atoms with Crippen LogP contribution in [0.3, 0.4) is 0 Å². The van der Waals surface area contributed by atoms with Crippen molar-refractivity contribution in [3.05, 3.63) is 54.1 Å². The normalized spacial score (nSPS) is 10.7. The summed E-state index contributed by atoms with van der Waals surface area (Å²) >= 11 is 1.33. The van der Waals surface area contributed by atoms with Crippen LogP contribution in [0.4, 0.5) is 9.52 Å². The maximum absolute atomic E-state index is 13.5. The smallest absolute Gasteiger partial charge is 0.184 e. The number of aromatic nitrogens is 2. The monoisotopic (exact) mass is 259 g/mol. The quantitative estimate of drug-likeness (QED) is 0.783. The van der Waals surface area contributed by atoms with Gasteiger partial charge in [0.1, 0.15) is 5.82 Å². The van der Waals surface area contributed by atoms with Gasteiger partial charge in [-0.15, -0.1) is 0 Å². The third-order valence-corrected chi connectivity index (χ3v) is 3.57. The van der Waals surface area contributed by atoms with Crippen molar-refractivity contribution in [3.63, 3.8) is 0 Å². The summed E-state index contributed by atoms with van der Waals surface area (Å²) in [6, 6.07) is 8.79. The fraction of sp³-hybridized carbons (Fsp3) is 0.0769. The van der Waals surface area contributed by atoms with Crippen molar-refractivity contribution in [2.24, 2.45) is 0 Å². The number of fused-ring (bicyclic) bond motifs is 1. The maximum atomic E-state index is 13.5. The minimum atomic E-state index is -0.223. The zero-order valence-electron chi connectivity index (χ0n) is 9.43. The lowest BCUT2D eigenvalue weighted by Crippen LogP contribution is -1.98. The van der Waals surface area contributed by atoms with Gasteiger partial charge >= 0.3 is 0 Å². The molecule has 0 aliphatic carbocycles. The first kappa shape index (κ1) is 11.1. The molecule has 5 heteroatoms. The highest BCUT2D eigenvalue weighted by Crippen LogP contribution is 2.28. The highest BCUT2D eigenvalue weighted by atomic mass is 32.1. The predicted molar refractivity (Wildman–Crippen MR) is 71.1 cm³/mol. The number of hydrogen-bond donors (Lipinski definition) is 1. The Morgan fingerprint density at radius 3 is 2.94 bits per heavy atom. The number of halogens is 1. The van der Waals surface area contributed by atoms with Crippen molar-refractivity contribution in [2.45, 2.75) is 6.54 Å². The number of nitrogens with zero attached hydrogens (tertiary/aromatic N) is 2. The van der Waals surface area contributed by atoms with Crippen LogP contribution in [0, 0.1) is 5.82 Å². The van der Waals surface area contributed by atoms with Crippen LogP contribution in [0.15, 0.2) is 42.7 Å². The molecule has 90 valence electrons. The van der Waals surface area contributed by atoms with E-state index in [0.29, 0.717) is 16.8 Å². The number of anilines is 1. The van der Waals surface area contributed by atoms with Crippen LogP contribution in [0.2, 0.25) is 0 Å². The zero-order valence-corrected chi connectivity index (χ0v) is 10.2. The van der Waals surface area contributed by atoms with Crippen LogP contribution in [0.5, 0.6) is 0 Å². The van der Waals surface area contributed by atoms with E-state index in [0.717, 1.165) is 10.7 Å². The second-order valence-electron chi connectivity index (χ2n) is 3.82. The molecular formula is C13H10FN3S. The summed E-state index contributed by atoms with van der Waals surface area (Å²) in [6.07, 6.45) is 3.53. The highest BCUT2D eigenvalue weighted by Gasteiger charge is 2.07. The van der Waals surface area contributed by atoms with Gasteiger partial charge in [-0.1, -0.05) is 23.5 Å². The summed E-state index contributed by atoms with van der Waals surface area (Å²) < 4.78 is 14.1. The van der Waals surface area contributed by atoms with Crippen LogP contribution in [0.1, 0.15) is 5.56 Å². The second-order valence-corrected chi connectivity index (χ2v) is 4.82. The van der Waals surface area contributed by atoms with Crippen LogP contribution < -0.4 is 5.32 Å². The Balaban J connectivity index is 1.81. The molecule has 0 spiro atoms. The minimum absolute atomic E-state index is 0.223. The Kier molecular flexibility index (Phi) is 2.90. The van der Waals surface area contributed by atoms with E-state index in [4.69, 9.17) is 0 Å². The number of hydrogen-bond acceptors (Lipinski definition) is 4. The van der Waals surface area contributed by atoms with Crippen molar-refractivity contribution in [1.82, 2.24) is 9.97 Å². The highest BCUT2D eigenvalue weighted by molar-refractivity contribution is 7.22.